The van der Waals surface area contributed by atoms with Gasteiger partial charge in [0.2, 0.25) is 11.9 Å². The molecular formula is C13H21N5O3. The van der Waals surface area contributed by atoms with Crippen LogP contribution >= 0.6 is 0 Å². The summed E-state index contributed by atoms with van der Waals surface area (Å²) in [5.41, 5.74) is 4.22. The van der Waals surface area contributed by atoms with E-state index in [1.807, 2.05) is 0 Å². The number of nitrogens with two attached hydrogens (primary N) is 1. The summed E-state index contributed by atoms with van der Waals surface area (Å²) in [7, 11) is 3.55. The van der Waals surface area contributed by atoms with Crippen molar-refractivity contribution in [2.75, 3.05) is 24.7 Å². The SMILES string of the molecule is CN(C)c1nc(N)nc(COC(=O)C2(O)CCCCC2)n1. The Morgan fingerprint density at radius 1 is 1.29 bits per heavy atom. The molecule has 0 saturated heterocycles. The first-order valence-electron chi connectivity index (χ1n) is 6.98. The van der Waals surface area contributed by atoms with Gasteiger partial charge in [-0.2, -0.15) is 15.0 Å². The van der Waals surface area contributed by atoms with E-state index in [1.54, 1.807) is 19.0 Å². The number of anilines is 2. The highest BCUT2D eigenvalue weighted by Crippen LogP contribution is 2.29. The van der Waals surface area contributed by atoms with Crippen LogP contribution in [-0.4, -0.2) is 45.7 Å². The first kappa shape index (κ1) is 15.4. The number of carbonyl (C=O) groups excluding carboxylic acids is 1. The Bertz CT molecular complexity index is 515. The average Bonchev–Trinajstić information content (AvgIpc) is 2.45. The van der Waals surface area contributed by atoms with Gasteiger partial charge in [0.1, 0.15) is 0 Å². The van der Waals surface area contributed by atoms with E-state index in [0.29, 0.717) is 18.8 Å². The molecule has 0 aliphatic heterocycles. The Hall–Kier alpha value is -1.96. The van der Waals surface area contributed by atoms with Gasteiger partial charge in [0.05, 0.1) is 0 Å². The fraction of sp³-hybridized carbons (Fsp3) is 0.692. The van der Waals surface area contributed by atoms with E-state index >= 15 is 0 Å². The highest BCUT2D eigenvalue weighted by atomic mass is 16.5. The summed E-state index contributed by atoms with van der Waals surface area (Å²) in [6.07, 6.45) is 3.57. The zero-order valence-electron chi connectivity index (χ0n) is 12.4. The predicted molar refractivity (Wildman–Crippen MR) is 76.4 cm³/mol. The van der Waals surface area contributed by atoms with Crippen molar-refractivity contribution in [1.29, 1.82) is 0 Å². The summed E-state index contributed by atoms with van der Waals surface area (Å²) >= 11 is 0. The molecule has 1 heterocycles. The van der Waals surface area contributed by atoms with Crippen LogP contribution < -0.4 is 10.6 Å². The highest BCUT2D eigenvalue weighted by molar-refractivity contribution is 5.79. The van der Waals surface area contributed by atoms with Crippen molar-refractivity contribution in [3.8, 4) is 0 Å². The molecule has 0 aromatic carbocycles. The Morgan fingerprint density at radius 3 is 2.57 bits per heavy atom. The lowest BCUT2D eigenvalue weighted by atomic mass is 9.85. The summed E-state index contributed by atoms with van der Waals surface area (Å²) in [5.74, 6) is 0.104. The van der Waals surface area contributed by atoms with Crippen LogP contribution in [-0.2, 0) is 16.1 Å². The molecule has 1 aliphatic rings. The molecule has 1 aliphatic carbocycles. The van der Waals surface area contributed by atoms with Gasteiger partial charge < -0.3 is 20.5 Å². The van der Waals surface area contributed by atoms with Crippen LogP contribution in [0.25, 0.3) is 0 Å². The van der Waals surface area contributed by atoms with Crippen LogP contribution in [0.15, 0.2) is 0 Å². The zero-order valence-corrected chi connectivity index (χ0v) is 12.4. The molecule has 1 fully saturated rings. The molecule has 8 nitrogen and oxygen atoms in total. The molecule has 0 unspecified atom stereocenters. The molecule has 21 heavy (non-hydrogen) atoms. The molecule has 0 radical (unpaired) electrons. The maximum atomic E-state index is 12.0. The number of esters is 1. The van der Waals surface area contributed by atoms with Crippen LogP contribution in [0, 0.1) is 0 Å². The number of ether oxygens (including phenoxy) is 1. The van der Waals surface area contributed by atoms with Gasteiger partial charge in [0.25, 0.3) is 0 Å². The van der Waals surface area contributed by atoms with Gasteiger partial charge in [-0.3, -0.25) is 0 Å². The minimum atomic E-state index is -1.37. The van der Waals surface area contributed by atoms with E-state index in [4.69, 9.17) is 10.5 Å². The van der Waals surface area contributed by atoms with Gasteiger partial charge in [0.15, 0.2) is 18.0 Å². The molecule has 1 saturated carbocycles. The van der Waals surface area contributed by atoms with Crippen molar-refractivity contribution in [3.63, 3.8) is 0 Å². The fourth-order valence-corrected chi connectivity index (χ4v) is 2.29. The van der Waals surface area contributed by atoms with E-state index in [1.165, 1.54) is 0 Å². The van der Waals surface area contributed by atoms with E-state index in [-0.39, 0.29) is 18.4 Å². The predicted octanol–water partition coefficient (Wildman–Crippen LogP) is 0.258. The Kier molecular flexibility index (Phi) is 4.56. The lowest BCUT2D eigenvalue weighted by Crippen LogP contribution is -2.41. The topological polar surface area (TPSA) is 114 Å². The minimum Gasteiger partial charge on any atom is -0.455 e. The first-order valence-corrected chi connectivity index (χ1v) is 6.98. The normalized spacial score (nSPS) is 17.3. The summed E-state index contributed by atoms with van der Waals surface area (Å²) in [6.45, 7) is -0.130. The number of nitrogen functional groups attached to an aromatic ring is 1. The number of hydrogen-bond acceptors (Lipinski definition) is 8. The molecule has 0 bridgehead atoms. The second-order valence-electron chi connectivity index (χ2n) is 5.47. The maximum Gasteiger partial charge on any atom is 0.338 e. The van der Waals surface area contributed by atoms with Crippen molar-refractivity contribution < 1.29 is 14.6 Å². The summed E-state index contributed by atoms with van der Waals surface area (Å²) in [5, 5.41) is 10.3. The number of carbonyl (C=O) groups is 1. The quantitative estimate of drug-likeness (QED) is 0.760. The molecule has 1 aromatic rings. The Labute approximate surface area is 123 Å². The third kappa shape index (κ3) is 3.78. The van der Waals surface area contributed by atoms with Crippen LogP contribution in [0.2, 0.25) is 0 Å². The molecule has 0 amide bonds. The van der Waals surface area contributed by atoms with Crippen molar-refractivity contribution in [2.45, 2.75) is 44.3 Å². The minimum absolute atomic E-state index is 0.0659. The summed E-state index contributed by atoms with van der Waals surface area (Å²) in [6, 6.07) is 0. The number of hydrogen-bond donors (Lipinski definition) is 2. The molecule has 3 N–H and O–H groups in total. The third-order valence-electron chi connectivity index (χ3n) is 3.48. The van der Waals surface area contributed by atoms with E-state index in [2.05, 4.69) is 15.0 Å². The van der Waals surface area contributed by atoms with Gasteiger partial charge in [-0.05, 0) is 25.7 Å². The Morgan fingerprint density at radius 2 is 1.95 bits per heavy atom. The second kappa shape index (κ2) is 6.21. The van der Waals surface area contributed by atoms with Crippen molar-refractivity contribution in [2.24, 2.45) is 0 Å². The Balaban J connectivity index is 2.01. The zero-order chi connectivity index (χ0) is 15.5. The standard InChI is InChI=1S/C13H21N5O3/c1-18(2)12-16-9(15-11(14)17-12)8-21-10(19)13(20)6-4-3-5-7-13/h20H,3-8H2,1-2H3,(H2,14,15,16,17). The number of aromatic nitrogens is 3. The molecule has 116 valence electrons. The third-order valence-corrected chi connectivity index (χ3v) is 3.48. The lowest BCUT2D eigenvalue weighted by molar-refractivity contribution is -0.170. The average molecular weight is 295 g/mol. The molecule has 0 spiro atoms. The van der Waals surface area contributed by atoms with Crippen molar-refractivity contribution >= 4 is 17.9 Å². The first-order chi connectivity index (χ1) is 9.90. The molecule has 0 atom stereocenters. The molecule has 8 heteroatoms. The monoisotopic (exact) mass is 295 g/mol. The summed E-state index contributed by atoms with van der Waals surface area (Å²) in [4.78, 5) is 25.7. The van der Waals surface area contributed by atoms with Crippen LogP contribution in [0.5, 0.6) is 0 Å². The molecular weight excluding hydrogens is 274 g/mol. The number of nitrogens with zero attached hydrogens (tertiary/aromatic N) is 4. The summed E-state index contributed by atoms with van der Waals surface area (Å²) < 4.78 is 5.14. The highest BCUT2D eigenvalue weighted by Gasteiger charge is 2.38. The van der Waals surface area contributed by atoms with Crippen LogP contribution in [0.1, 0.15) is 37.9 Å². The van der Waals surface area contributed by atoms with Gasteiger partial charge in [0, 0.05) is 14.1 Å². The van der Waals surface area contributed by atoms with Gasteiger partial charge in [-0.1, -0.05) is 6.42 Å². The van der Waals surface area contributed by atoms with Crippen LogP contribution in [0.3, 0.4) is 0 Å². The van der Waals surface area contributed by atoms with Gasteiger partial charge >= 0.3 is 5.97 Å². The number of rotatable bonds is 4. The molecule has 1 aromatic heterocycles. The maximum absolute atomic E-state index is 12.0. The van der Waals surface area contributed by atoms with Crippen molar-refractivity contribution in [3.05, 3.63) is 5.82 Å². The smallest absolute Gasteiger partial charge is 0.338 e. The van der Waals surface area contributed by atoms with Crippen LogP contribution in [0.4, 0.5) is 11.9 Å². The number of aliphatic hydroxyl groups is 1. The lowest BCUT2D eigenvalue weighted by Gasteiger charge is -2.29. The van der Waals surface area contributed by atoms with E-state index in [0.717, 1.165) is 19.3 Å². The second-order valence-corrected chi connectivity index (χ2v) is 5.47. The molecule has 2 rings (SSSR count). The van der Waals surface area contributed by atoms with Gasteiger partial charge in [-0.25, -0.2) is 4.79 Å². The van der Waals surface area contributed by atoms with E-state index in [9.17, 15) is 9.90 Å². The largest absolute Gasteiger partial charge is 0.455 e. The van der Waals surface area contributed by atoms with E-state index < -0.39 is 11.6 Å². The van der Waals surface area contributed by atoms with Crippen molar-refractivity contribution in [1.82, 2.24) is 15.0 Å². The van der Waals surface area contributed by atoms with Gasteiger partial charge in [-0.15, -0.1) is 0 Å². The fourth-order valence-electron chi connectivity index (χ4n) is 2.29.